The number of aromatic amines is 1. The molecular weight excluding hydrogens is 279 g/mol. The molecule has 4 heterocycles. The molecule has 116 valence electrons. The minimum Gasteiger partial charge on any atom is -0.375 e. The zero-order valence-electron chi connectivity index (χ0n) is 12.6. The molecule has 0 saturated carbocycles. The van der Waals surface area contributed by atoms with Crippen LogP contribution in [0.3, 0.4) is 0 Å². The van der Waals surface area contributed by atoms with Crippen LogP contribution in [0.5, 0.6) is 0 Å². The van der Waals surface area contributed by atoms with Crippen molar-refractivity contribution in [1.29, 1.82) is 0 Å². The highest BCUT2D eigenvalue weighted by atomic mass is 19.1. The van der Waals surface area contributed by atoms with Gasteiger partial charge in [-0.3, -0.25) is 4.90 Å². The van der Waals surface area contributed by atoms with E-state index in [1.54, 1.807) is 6.07 Å². The molecule has 2 bridgehead atoms. The lowest BCUT2D eigenvalue weighted by molar-refractivity contribution is 0.0824. The fraction of sp³-hybridized carbons (Fsp3) is 0.556. The van der Waals surface area contributed by atoms with Crippen molar-refractivity contribution < 1.29 is 9.13 Å². The standard InChI is InChI=1S/C18H21FN2O/c19-12-1-3-16-14(8-12)15-10-21(6-5-17(15)20-16)9-11-7-13-2-4-18(11)22-13/h1,3,8,11,13,18,20H,2,4-7,9-10H2/t11-,13-,18-/m1/s1. The van der Waals surface area contributed by atoms with Gasteiger partial charge >= 0.3 is 0 Å². The summed E-state index contributed by atoms with van der Waals surface area (Å²) >= 11 is 0. The molecule has 22 heavy (non-hydrogen) atoms. The lowest BCUT2D eigenvalue weighted by Crippen LogP contribution is -2.37. The predicted molar refractivity (Wildman–Crippen MR) is 83.2 cm³/mol. The van der Waals surface area contributed by atoms with E-state index < -0.39 is 0 Å². The lowest BCUT2D eigenvalue weighted by Gasteiger charge is -2.31. The molecule has 1 N–H and O–H groups in total. The van der Waals surface area contributed by atoms with Gasteiger partial charge < -0.3 is 9.72 Å². The largest absolute Gasteiger partial charge is 0.375 e. The van der Waals surface area contributed by atoms with Crippen LogP contribution >= 0.6 is 0 Å². The maximum atomic E-state index is 13.6. The van der Waals surface area contributed by atoms with E-state index in [2.05, 4.69) is 9.88 Å². The van der Waals surface area contributed by atoms with Crippen LogP contribution in [0.25, 0.3) is 10.9 Å². The van der Waals surface area contributed by atoms with E-state index in [0.29, 0.717) is 18.1 Å². The quantitative estimate of drug-likeness (QED) is 0.922. The fourth-order valence-electron chi connectivity index (χ4n) is 4.66. The number of ether oxygens (including phenoxy) is 1. The molecule has 3 atom stereocenters. The molecule has 3 nitrogen and oxygen atoms in total. The average Bonchev–Trinajstić information content (AvgIpc) is 3.21. The van der Waals surface area contributed by atoms with Crippen LogP contribution in [0.15, 0.2) is 18.2 Å². The highest BCUT2D eigenvalue weighted by molar-refractivity contribution is 5.84. The summed E-state index contributed by atoms with van der Waals surface area (Å²) in [6.07, 6.45) is 5.79. The van der Waals surface area contributed by atoms with Crippen molar-refractivity contribution in [2.75, 3.05) is 13.1 Å². The Kier molecular flexibility index (Phi) is 2.86. The molecule has 2 fully saturated rings. The third-order valence-electron chi connectivity index (χ3n) is 5.74. The molecule has 1 aromatic carbocycles. The summed E-state index contributed by atoms with van der Waals surface area (Å²) in [7, 11) is 0. The molecule has 4 heteroatoms. The van der Waals surface area contributed by atoms with Crippen LogP contribution in [0.4, 0.5) is 4.39 Å². The third kappa shape index (κ3) is 2.01. The number of hydrogen-bond acceptors (Lipinski definition) is 2. The van der Waals surface area contributed by atoms with Gasteiger partial charge in [-0.25, -0.2) is 4.39 Å². The first-order valence-corrected chi connectivity index (χ1v) is 8.43. The van der Waals surface area contributed by atoms with E-state index in [1.807, 2.05) is 6.07 Å². The van der Waals surface area contributed by atoms with Crippen molar-refractivity contribution in [3.63, 3.8) is 0 Å². The summed E-state index contributed by atoms with van der Waals surface area (Å²) in [5.74, 6) is 0.551. The second-order valence-electron chi connectivity index (χ2n) is 7.13. The van der Waals surface area contributed by atoms with E-state index in [-0.39, 0.29) is 5.82 Å². The Balaban J connectivity index is 1.39. The summed E-state index contributed by atoms with van der Waals surface area (Å²) in [5.41, 5.74) is 3.65. The van der Waals surface area contributed by atoms with Gasteiger partial charge in [-0.2, -0.15) is 0 Å². The number of rotatable bonds is 2. The third-order valence-corrected chi connectivity index (χ3v) is 5.74. The van der Waals surface area contributed by atoms with E-state index in [9.17, 15) is 4.39 Å². The number of benzene rings is 1. The van der Waals surface area contributed by atoms with Gasteiger partial charge in [-0.15, -0.1) is 0 Å². The molecule has 2 saturated heterocycles. The Morgan fingerprint density at radius 1 is 1.32 bits per heavy atom. The highest BCUT2D eigenvalue weighted by Crippen LogP contribution is 2.39. The second kappa shape index (κ2) is 4.80. The molecule has 3 aliphatic rings. The van der Waals surface area contributed by atoms with Crippen molar-refractivity contribution in [2.45, 2.75) is 44.4 Å². The molecular formula is C18H21FN2O. The predicted octanol–water partition coefficient (Wildman–Crippen LogP) is 3.23. The molecule has 0 unspecified atom stereocenters. The lowest BCUT2D eigenvalue weighted by atomic mass is 9.88. The van der Waals surface area contributed by atoms with E-state index in [1.165, 1.54) is 36.6 Å². The van der Waals surface area contributed by atoms with Gasteiger partial charge in [-0.05, 0) is 43.0 Å². The maximum absolute atomic E-state index is 13.6. The average molecular weight is 300 g/mol. The smallest absolute Gasteiger partial charge is 0.123 e. The number of nitrogens with one attached hydrogen (secondary N) is 1. The normalized spacial score (nSPS) is 31.0. The molecule has 0 spiro atoms. The van der Waals surface area contributed by atoms with Gasteiger partial charge in [0.1, 0.15) is 5.82 Å². The first-order valence-electron chi connectivity index (χ1n) is 8.43. The molecule has 0 aliphatic carbocycles. The number of aromatic nitrogens is 1. The summed E-state index contributed by atoms with van der Waals surface area (Å²) in [6, 6.07) is 5.07. The summed E-state index contributed by atoms with van der Waals surface area (Å²) in [4.78, 5) is 6.00. The van der Waals surface area contributed by atoms with Gasteiger partial charge in [0.05, 0.1) is 12.2 Å². The molecule has 5 rings (SSSR count). The summed E-state index contributed by atoms with van der Waals surface area (Å²) in [6.45, 7) is 3.16. The Morgan fingerprint density at radius 3 is 3.09 bits per heavy atom. The van der Waals surface area contributed by atoms with Crippen LogP contribution < -0.4 is 0 Å². The Hall–Kier alpha value is -1.39. The number of nitrogens with zero attached hydrogens (tertiary/aromatic N) is 1. The molecule has 2 aromatic rings. The molecule has 0 amide bonds. The van der Waals surface area contributed by atoms with Gasteiger partial charge in [0.2, 0.25) is 0 Å². The Bertz CT molecular complexity index is 725. The van der Waals surface area contributed by atoms with Crippen LogP contribution in [-0.2, 0) is 17.7 Å². The second-order valence-corrected chi connectivity index (χ2v) is 7.13. The van der Waals surface area contributed by atoms with Crippen molar-refractivity contribution in [3.05, 3.63) is 35.3 Å². The van der Waals surface area contributed by atoms with Crippen molar-refractivity contribution in [2.24, 2.45) is 5.92 Å². The number of H-pyrrole nitrogens is 1. The van der Waals surface area contributed by atoms with E-state index in [4.69, 9.17) is 4.74 Å². The molecule has 0 radical (unpaired) electrons. The Labute approximate surface area is 129 Å². The van der Waals surface area contributed by atoms with E-state index in [0.717, 1.165) is 37.0 Å². The highest BCUT2D eigenvalue weighted by Gasteiger charge is 2.41. The maximum Gasteiger partial charge on any atom is 0.123 e. The number of fused-ring (bicyclic) bond motifs is 5. The first kappa shape index (κ1) is 13.1. The van der Waals surface area contributed by atoms with Crippen LogP contribution in [0.1, 0.15) is 30.5 Å². The van der Waals surface area contributed by atoms with Gasteiger partial charge in [-0.1, -0.05) is 0 Å². The molecule has 3 aliphatic heterocycles. The van der Waals surface area contributed by atoms with Crippen molar-refractivity contribution >= 4 is 10.9 Å². The summed E-state index contributed by atoms with van der Waals surface area (Å²) in [5, 5.41) is 1.06. The minimum atomic E-state index is -0.145. The van der Waals surface area contributed by atoms with Gasteiger partial charge in [0.25, 0.3) is 0 Å². The Morgan fingerprint density at radius 2 is 2.27 bits per heavy atom. The topological polar surface area (TPSA) is 28.3 Å². The SMILES string of the molecule is Fc1ccc2[nH]c3c(c2c1)CN(C[C@H]1C[C@H]2CC[C@H]1O2)CC3. The van der Waals surface area contributed by atoms with Crippen molar-refractivity contribution in [1.82, 2.24) is 9.88 Å². The van der Waals surface area contributed by atoms with Gasteiger partial charge in [0.15, 0.2) is 0 Å². The monoisotopic (exact) mass is 300 g/mol. The van der Waals surface area contributed by atoms with Crippen LogP contribution in [0.2, 0.25) is 0 Å². The van der Waals surface area contributed by atoms with E-state index >= 15 is 0 Å². The number of halogens is 1. The zero-order chi connectivity index (χ0) is 14.7. The van der Waals surface area contributed by atoms with Crippen molar-refractivity contribution in [3.8, 4) is 0 Å². The van der Waals surface area contributed by atoms with Gasteiger partial charge in [0, 0.05) is 48.6 Å². The van der Waals surface area contributed by atoms with Crippen LogP contribution in [-0.4, -0.2) is 35.2 Å². The minimum absolute atomic E-state index is 0.145. The zero-order valence-corrected chi connectivity index (χ0v) is 12.6. The fourth-order valence-corrected chi connectivity index (χ4v) is 4.66. The van der Waals surface area contributed by atoms with Crippen LogP contribution in [0, 0.1) is 11.7 Å². The summed E-state index contributed by atoms with van der Waals surface area (Å²) < 4.78 is 19.6. The number of hydrogen-bond donors (Lipinski definition) is 1. The molecule has 1 aromatic heterocycles. The first-order chi connectivity index (χ1) is 10.8.